The second-order valence-electron chi connectivity index (χ2n) is 20.5. The van der Waals surface area contributed by atoms with Gasteiger partial charge in [0.25, 0.3) is 0 Å². The first kappa shape index (κ1) is 64.0. The van der Waals surface area contributed by atoms with Gasteiger partial charge >= 0.3 is 0 Å². The number of ether oxygens (including phenoxy) is 1. The van der Waals surface area contributed by atoms with E-state index >= 15 is 0 Å². The molecule has 1 aliphatic heterocycles. The fourth-order valence-electron chi connectivity index (χ4n) is 6.55. The van der Waals surface area contributed by atoms with Gasteiger partial charge in [0.15, 0.2) is 16.6 Å². The van der Waals surface area contributed by atoms with E-state index < -0.39 is 34.7 Å². The minimum Gasteiger partial charge on any atom is -0.412 e. The topological polar surface area (TPSA) is 172 Å². The van der Waals surface area contributed by atoms with Crippen LogP contribution in [0.4, 0.5) is 22.7 Å². The molecular formula is C55H78Cl2N8O5SSi2. The molecule has 1 aromatic heterocycles. The normalized spacial score (nSPS) is 14.0. The molecule has 0 bridgehead atoms. The van der Waals surface area contributed by atoms with Gasteiger partial charge in [-0.3, -0.25) is 9.59 Å². The number of benzene rings is 4. The van der Waals surface area contributed by atoms with Crippen LogP contribution in [-0.4, -0.2) is 70.1 Å². The van der Waals surface area contributed by atoms with Crippen molar-refractivity contribution < 1.29 is 23.2 Å². The van der Waals surface area contributed by atoms with Crippen molar-refractivity contribution >= 4 is 85.7 Å². The summed E-state index contributed by atoms with van der Waals surface area (Å²) in [7, 11) is -4.07. The van der Waals surface area contributed by atoms with Gasteiger partial charge < -0.3 is 35.7 Å². The van der Waals surface area contributed by atoms with Crippen LogP contribution < -0.4 is 22.1 Å². The van der Waals surface area contributed by atoms with E-state index in [2.05, 4.69) is 105 Å². The van der Waals surface area contributed by atoms with Crippen molar-refractivity contribution in [3.63, 3.8) is 0 Å². The zero-order valence-corrected chi connectivity index (χ0v) is 48.7. The zero-order chi connectivity index (χ0) is 54.2. The van der Waals surface area contributed by atoms with Gasteiger partial charge in [-0.05, 0) is 112 Å². The highest BCUT2D eigenvalue weighted by Crippen LogP contribution is 2.42. The molecular weight excluding hydrogens is 1010 g/mol. The average molecular weight is 1090 g/mol. The molecule has 13 nitrogen and oxygen atoms in total. The summed E-state index contributed by atoms with van der Waals surface area (Å²) in [5.74, 6) is -0.869. The number of anilines is 2. The molecule has 73 heavy (non-hydrogen) atoms. The smallest absolute Gasteiger partial charge is 0.248 e. The number of rotatable bonds is 14. The van der Waals surface area contributed by atoms with Gasteiger partial charge in [0.1, 0.15) is 22.1 Å². The Morgan fingerprint density at radius 1 is 0.712 bits per heavy atom. The van der Waals surface area contributed by atoms with Crippen molar-refractivity contribution in [3.8, 4) is 10.6 Å². The molecule has 6 rings (SSSR count). The molecule has 0 radical (unpaired) electrons. The van der Waals surface area contributed by atoms with E-state index in [4.69, 9.17) is 61.4 Å². The number of primary amides is 2. The summed E-state index contributed by atoms with van der Waals surface area (Å²) >= 11 is 14.2. The summed E-state index contributed by atoms with van der Waals surface area (Å²) in [6.45, 7) is 46.0. The summed E-state index contributed by atoms with van der Waals surface area (Å²) in [6.07, 6.45) is 2.01. The SMILES string of the molecule is C.C1CCOC1.NC(=O)c1ccccc1.[C-]#[N+]c1ccc(N[C@@H](C(N)=O)[C@@H](C)O[Si](C)(C)C(C)(C)C)c(C)c1Cl.[C-]#[N+]c1ccc(N[C@@H](c2nnc(-c3ccccc3)s2)[C@@H](C)O[Si](C)(C)C(C)(C)C)c(C)c1Cl. The van der Waals surface area contributed by atoms with E-state index in [1.165, 1.54) is 12.8 Å². The molecule has 1 saturated heterocycles. The molecule has 4 aromatic carbocycles. The zero-order valence-electron chi connectivity index (χ0n) is 44.4. The van der Waals surface area contributed by atoms with E-state index in [-0.39, 0.29) is 35.6 Å². The number of aromatic nitrogens is 2. The van der Waals surface area contributed by atoms with Crippen molar-refractivity contribution in [2.45, 2.75) is 150 Å². The molecule has 0 aliphatic carbocycles. The first-order valence-corrected chi connectivity index (χ1v) is 31.3. The number of hydrogen-bond acceptors (Lipinski definition) is 10. The highest BCUT2D eigenvalue weighted by molar-refractivity contribution is 7.14. The second-order valence-corrected chi connectivity index (χ2v) is 31.8. The van der Waals surface area contributed by atoms with Gasteiger partial charge in [-0.1, -0.05) is 144 Å². The third-order valence-corrected chi connectivity index (χ3v) is 24.2. The van der Waals surface area contributed by atoms with E-state index in [0.717, 1.165) is 40.0 Å². The van der Waals surface area contributed by atoms with Crippen LogP contribution in [-0.2, 0) is 18.4 Å². The van der Waals surface area contributed by atoms with Crippen LogP contribution in [0.1, 0.15) is 108 Å². The highest BCUT2D eigenvalue weighted by atomic mass is 35.5. The van der Waals surface area contributed by atoms with Gasteiger partial charge in [-0.15, -0.1) is 10.2 Å². The minimum atomic E-state index is -2.05. The quantitative estimate of drug-likeness (QED) is 0.0624. The number of carbonyl (C=O) groups excluding carboxylic acids is 2. The molecule has 0 saturated carbocycles. The summed E-state index contributed by atoms with van der Waals surface area (Å²) in [6, 6.07) is 24.9. The van der Waals surface area contributed by atoms with E-state index in [1.807, 2.05) is 56.3 Å². The standard InChI is InChI=1S/C25H31ClN4OSSi.C18H28ClN3O2Si.C7H7NO.C4H8O.CH4/c1-16-19(14-15-20(27-6)21(16)26)28-22(17(2)31-33(7,8)25(3,4)5)24-30-29-23(32-24)18-12-10-9-11-13-18;1-11-13(9-10-14(21-6)15(11)19)22-16(17(20)23)12(2)24-25(7,8)18(3,4)5;8-7(9)6-4-2-1-3-5-6;1-2-4-5-3-1;/h9-15,17,22,28H,1-5,7-8H3;9-10,12,16,22H,1-5,7-8H3,(H2,20,23);1-5H,(H2,8,9);1-4H2;1H4/t17-,22-;12-,16-;;;/m11.../s1. The molecule has 5 aromatic rings. The van der Waals surface area contributed by atoms with Gasteiger partial charge in [-0.25, -0.2) is 9.69 Å². The average Bonchev–Trinajstić information content (AvgIpc) is 4.07. The molecule has 0 unspecified atom stereocenters. The van der Waals surface area contributed by atoms with Crippen LogP contribution >= 0.6 is 34.5 Å². The molecule has 1 fully saturated rings. The Hall–Kier alpha value is -5.15. The summed E-state index contributed by atoms with van der Waals surface area (Å²) < 4.78 is 18.0. The van der Waals surface area contributed by atoms with Gasteiger partial charge in [0, 0.05) is 35.7 Å². The molecule has 1 aliphatic rings. The first-order valence-electron chi connectivity index (χ1n) is 23.9. The number of nitrogens with zero attached hydrogens (tertiary/aromatic N) is 4. The van der Waals surface area contributed by atoms with Crippen LogP contribution in [0.5, 0.6) is 0 Å². The summed E-state index contributed by atoms with van der Waals surface area (Å²) in [5, 5.41) is 18.4. The van der Waals surface area contributed by atoms with Crippen LogP contribution in [0.3, 0.4) is 0 Å². The molecule has 396 valence electrons. The number of hydrogen-bond donors (Lipinski definition) is 4. The lowest BCUT2D eigenvalue weighted by atomic mass is 10.1. The maximum atomic E-state index is 12.0. The third kappa shape index (κ3) is 18.6. The van der Waals surface area contributed by atoms with Crippen molar-refractivity contribution in [1.82, 2.24) is 10.2 Å². The monoisotopic (exact) mass is 1090 g/mol. The number of halogens is 2. The molecule has 0 spiro atoms. The molecule has 2 amide bonds. The minimum absolute atomic E-state index is 0. The molecule has 18 heteroatoms. The van der Waals surface area contributed by atoms with Crippen LogP contribution in [0.2, 0.25) is 46.3 Å². The largest absolute Gasteiger partial charge is 0.412 e. The summed E-state index contributed by atoms with van der Waals surface area (Å²) in [5.41, 5.74) is 16.1. The Kier molecular flexibility index (Phi) is 25.0. The number of nitrogens with one attached hydrogen (secondary N) is 2. The van der Waals surface area contributed by atoms with Crippen molar-refractivity contribution in [2.24, 2.45) is 11.5 Å². The van der Waals surface area contributed by atoms with E-state index in [1.54, 1.807) is 60.7 Å². The van der Waals surface area contributed by atoms with Crippen molar-refractivity contribution in [3.05, 3.63) is 140 Å². The van der Waals surface area contributed by atoms with Gasteiger partial charge in [0.2, 0.25) is 23.2 Å². The lowest BCUT2D eigenvalue weighted by Crippen LogP contribution is -2.51. The van der Waals surface area contributed by atoms with Crippen molar-refractivity contribution in [2.75, 3.05) is 23.8 Å². The lowest BCUT2D eigenvalue weighted by molar-refractivity contribution is -0.120. The predicted molar refractivity (Wildman–Crippen MR) is 310 cm³/mol. The van der Waals surface area contributed by atoms with E-state index in [0.29, 0.717) is 38.2 Å². The fraction of sp³-hybridized carbons (Fsp3) is 0.455. The van der Waals surface area contributed by atoms with Crippen LogP contribution in [0.25, 0.3) is 20.3 Å². The Morgan fingerprint density at radius 3 is 1.53 bits per heavy atom. The fourth-order valence-corrected chi connectivity index (χ4v) is 10.8. The summed E-state index contributed by atoms with van der Waals surface area (Å²) in [4.78, 5) is 29.3. The lowest BCUT2D eigenvalue weighted by Gasteiger charge is -2.40. The predicted octanol–water partition coefficient (Wildman–Crippen LogP) is 15.4. The van der Waals surface area contributed by atoms with Crippen LogP contribution in [0, 0.1) is 27.0 Å². The van der Waals surface area contributed by atoms with Crippen molar-refractivity contribution in [1.29, 1.82) is 0 Å². The maximum Gasteiger partial charge on any atom is 0.248 e. The molecule has 2 heterocycles. The second kappa shape index (κ2) is 28.5. The molecule has 4 atom stereocenters. The van der Waals surface area contributed by atoms with Crippen LogP contribution in [0.15, 0.2) is 84.9 Å². The van der Waals surface area contributed by atoms with E-state index in [9.17, 15) is 9.59 Å². The molecule has 6 N–H and O–H groups in total. The Balaban J connectivity index is 0.000000397. The number of nitrogens with two attached hydrogens (primary N) is 2. The first-order chi connectivity index (χ1) is 33.6. The highest BCUT2D eigenvalue weighted by Gasteiger charge is 2.42. The third-order valence-electron chi connectivity index (χ3n) is 13.0. The number of amides is 2. The Labute approximate surface area is 452 Å². The van der Waals surface area contributed by atoms with Gasteiger partial charge in [0.05, 0.1) is 35.4 Å². The van der Waals surface area contributed by atoms with Gasteiger partial charge in [-0.2, -0.15) is 0 Å². The Morgan fingerprint density at radius 2 is 1.15 bits per heavy atom. The maximum absolute atomic E-state index is 12.0. The number of carbonyl (C=O) groups is 2. The Bertz CT molecular complexity index is 2640.